The minimum atomic E-state index is -0.720. The summed E-state index contributed by atoms with van der Waals surface area (Å²) in [5.74, 6) is -2.46. The summed E-state index contributed by atoms with van der Waals surface area (Å²) >= 11 is 1.40. The molecule has 0 spiro atoms. The first-order chi connectivity index (χ1) is 14.7. The summed E-state index contributed by atoms with van der Waals surface area (Å²) in [5, 5.41) is 5.31. The molecule has 2 amide bonds. The van der Waals surface area contributed by atoms with Gasteiger partial charge in [0.05, 0.1) is 12.1 Å². The molecular weight excluding hydrogens is 432 g/mol. The monoisotopic (exact) mass is 456 g/mol. The molecule has 0 bridgehead atoms. The van der Waals surface area contributed by atoms with Crippen LogP contribution in [0.2, 0.25) is 0 Å². The van der Waals surface area contributed by atoms with Crippen LogP contribution in [0, 0.1) is 23.3 Å². The van der Waals surface area contributed by atoms with Gasteiger partial charge in [-0.05, 0) is 26.0 Å². The summed E-state index contributed by atoms with van der Waals surface area (Å²) < 4.78 is 53.4. The fourth-order valence-electron chi connectivity index (χ4n) is 2.92. The number of rotatable bonds is 10. The van der Waals surface area contributed by atoms with Crippen LogP contribution in [-0.4, -0.2) is 23.3 Å². The molecular formula is C22H24F4N2O2S. The van der Waals surface area contributed by atoms with Crippen LogP contribution in [0.1, 0.15) is 49.9 Å². The number of amides is 2. The Kier molecular flexibility index (Phi) is 9.36. The molecule has 0 radical (unpaired) electrons. The number of thioether (sulfide) groups is 1. The van der Waals surface area contributed by atoms with E-state index >= 15 is 0 Å². The molecule has 0 aliphatic rings. The molecule has 0 aromatic heterocycles. The van der Waals surface area contributed by atoms with Gasteiger partial charge in [0.1, 0.15) is 23.3 Å². The molecule has 0 saturated heterocycles. The van der Waals surface area contributed by atoms with E-state index in [1.165, 1.54) is 23.9 Å². The summed E-state index contributed by atoms with van der Waals surface area (Å²) in [7, 11) is 0. The Morgan fingerprint density at radius 3 is 1.52 bits per heavy atom. The first-order valence-electron chi connectivity index (χ1n) is 9.73. The molecule has 0 saturated carbocycles. The van der Waals surface area contributed by atoms with Crippen LogP contribution in [0.5, 0.6) is 0 Å². The Bertz CT molecular complexity index is 853. The third kappa shape index (κ3) is 7.90. The lowest BCUT2D eigenvalue weighted by Crippen LogP contribution is -2.28. The summed E-state index contributed by atoms with van der Waals surface area (Å²) in [4.78, 5) is 24.0. The van der Waals surface area contributed by atoms with Gasteiger partial charge in [0, 0.05) is 47.6 Å². The number of hydrogen-bond acceptors (Lipinski definition) is 3. The van der Waals surface area contributed by atoms with Crippen molar-refractivity contribution < 1.29 is 27.2 Å². The van der Waals surface area contributed by atoms with Gasteiger partial charge in [-0.3, -0.25) is 9.59 Å². The second-order valence-corrected chi connectivity index (χ2v) is 8.25. The molecule has 2 aromatic carbocycles. The van der Waals surface area contributed by atoms with Crippen LogP contribution in [0.15, 0.2) is 36.4 Å². The molecule has 2 atom stereocenters. The van der Waals surface area contributed by atoms with Gasteiger partial charge in [-0.2, -0.15) is 11.8 Å². The van der Waals surface area contributed by atoms with E-state index < -0.39 is 35.4 Å². The Hall–Kier alpha value is -2.55. The summed E-state index contributed by atoms with van der Waals surface area (Å²) in [5.41, 5.74) is 0.400. The standard InChI is InChI=1S/C22H24F4N2O2S/c1-13(17-5-3-15(23)11-19(17)25)27-21(29)7-9-31-10-8-22(30)28-14(2)18-6-4-16(24)12-20(18)26/h3-6,11-14H,7-10H2,1-2H3,(H,27,29)(H,28,30). The molecule has 9 heteroatoms. The second-order valence-electron chi connectivity index (χ2n) is 7.02. The highest BCUT2D eigenvalue weighted by Gasteiger charge is 2.15. The van der Waals surface area contributed by atoms with E-state index in [4.69, 9.17) is 0 Å². The SMILES string of the molecule is CC(NC(=O)CCSCCC(=O)NC(C)c1ccc(F)cc1F)c1ccc(F)cc1F. The minimum absolute atomic E-state index is 0.177. The Morgan fingerprint density at radius 1 is 0.774 bits per heavy atom. The lowest BCUT2D eigenvalue weighted by molar-refractivity contribution is -0.122. The maximum atomic E-state index is 13.7. The number of benzene rings is 2. The second kappa shape index (κ2) is 11.7. The van der Waals surface area contributed by atoms with Crippen LogP contribution in [0.3, 0.4) is 0 Å². The van der Waals surface area contributed by atoms with Gasteiger partial charge < -0.3 is 10.6 Å². The van der Waals surface area contributed by atoms with Crippen molar-refractivity contribution in [1.82, 2.24) is 10.6 Å². The Morgan fingerprint density at radius 2 is 1.16 bits per heavy atom. The van der Waals surface area contributed by atoms with Crippen molar-refractivity contribution in [3.05, 3.63) is 70.8 Å². The van der Waals surface area contributed by atoms with Gasteiger partial charge in [0.2, 0.25) is 11.8 Å². The highest BCUT2D eigenvalue weighted by atomic mass is 32.2. The molecule has 0 aliphatic heterocycles. The molecule has 2 rings (SSSR count). The van der Waals surface area contributed by atoms with Gasteiger partial charge in [-0.25, -0.2) is 17.6 Å². The highest BCUT2D eigenvalue weighted by Crippen LogP contribution is 2.19. The predicted molar refractivity (Wildman–Crippen MR) is 112 cm³/mol. The summed E-state index contributed by atoms with van der Waals surface area (Å²) in [6.45, 7) is 3.22. The van der Waals surface area contributed by atoms with Crippen molar-refractivity contribution in [1.29, 1.82) is 0 Å². The van der Waals surface area contributed by atoms with Gasteiger partial charge in [0.15, 0.2) is 0 Å². The zero-order valence-corrected chi connectivity index (χ0v) is 18.0. The Labute approximate surface area is 182 Å². The van der Waals surface area contributed by atoms with Crippen LogP contribution < -0.4 is 10.6 Å². The average Bonchev–Trinajstić information content (AvgIpc) is 2.67. The number of halogens is 4. The first-order valence-corrected chi connectivity index (χ1v) is 10.9. The fourth-order valence-corrected chi connectivity index (χ4v) is 3.78. The van der Waals surface area contributed by atoms with Crippen molar-refractivity contribution in [2.45, 2.75) is 38.8 Å². The fraction of sp³-hybridized carbons (Fsp3) is 0.364. The molecule has 2 N–H and O–H groups in total. The molecule has 0 heterocycles. The minimum Gasteiger partial charge on any atom is -0.349 e. The van der Waals surface area contributed by atoms with Gasteiger partial charge in [-0.15, -0.1) is 0 Å². The van der Waals surface area contributed by atoms with Crippen molar-refractivity contribution in [3.63, 3.8) is 0 Å². The van der Waals surface area contributed by atoms with Gasteiger partial charge >= 0.3 is 0 Å². The number of carbonyl (C=O) groups excluding carboxylic acids is 2. The van der Waals surface area contributed by atoms with Crippen molar-refractivity contribution in [2.75, 3.05) is 11.5 Å². The van der Waals surface area contributed by atoms with E-state index in [9.17, 15) is 27.2 Å². The molecule has 4 nitrogen and oxygen atoms in total. The molecule has 31 heavy (non-hydrogen) atoms. The largest absolute Gasteiger partial charge is 0.349 e. The van der Waals surface area contributed by atoms with Crippen LogP contribution in [-0.2, 0) is 9.59 Å². The van der Waals surface area contributed by atoms with E-state index in [0.717, 1.165) is 24.3 Å². The van der Waals surface area contributed by atoms with Crippen LogP contribution in [0.4, 0.5) is 17.6 Å². The lowest BCUT2D eigenvalue weighted by atomic mass is 10.1. The number of hydrogen-bond donors (Lipinski definition) is 2. The average molecular weight is 457 g/mol. The number of carbonyl (C=O) groups is 2. The molecule has 2 unspecified atom stereocenters. The predicted octanol–water partition coefficient (Wildman–Crippen LogP) is 4.81. The zero-order chi connectivity index (χ0) is 23.0. The van der Waals surface area contributed by atoms with E-state index in [1.807, 2.05) is 0 Å². The quantitative estimate of drug-likeness (QED) is 0.399. The van der Waals surface area contributed by atoms with Gasteiger partial charge in [-0.1, -0.05) is 12.1 Å². The van der Waals surface area contributed by atoms with Crippen molar-refractivity contribution in [2.24, 2.45) is 0 Å². The van der Waals surface area contributed by atoms with Crippen LogP contribution >= 0.6 is 11.8 Å². The van der Waals surface area contributed by atoms with Crippen molar-refractivity contribution in [3.8, 4) is 0 Å². The van der Waals surface area contributed by atoms with Gasteiger partial charge in [0.25, 0.3) is 0 Å². The topological polar surface area (TPSA) is 58.2 Å². The molecule has 0 fully saturated rings. The maximum absolute atomic E-state index is 13.7. The lowest BCUT2D eigenvalue weighted by Gasteiger charge is -2.15. The highest BCUT2D eigenvalue weighted by molar-refractivity contribution is 7.99. The summed E-state index contributed by atoms with van der Waals surface area (Å²) in [6.07, 6.45) is 0.354. The van der Waals surface area contributed by atoms with Crippen molar-refractivity contribution >= 4 is 23.6 Å². The third-order valence-electron chi connectivity index (χ3n) is 4.56. The molecule has 0 aliphatic carbocycles. The third-order valence-corrected chi connectivity index (χ3v) is 5.55. The van der Waals surface area contributed by atoms with E-state index in [1.54, 1.807) is 13.8 Å². The molecule has 2 aromatic rings. The first kappa shape index (κ1) is 24.7. The smallest absolute Gasteiger partial charge is 0.221 e. The van der Waals surface area contributed by atoms with E-state index in [0.29, 0.717) is 11.5 Å². The summed E-state index contributed by atoms with van der Waals surface area (Å²) in [6, 6.07) is 5.19. The maximum Gasteiger partial charge on any atom is 0.221 e. The van der Waals surface area contributed by atoms with E-state index in [2.05, 4.69) is 10.6 Å². The van der Waals surface area contributed by atoms with Crippen LogP contribution in [0.25, 0.3) is 0 Å². The normalized spacial score (nSPS) is 12.8. The number of nitrogens with one attached hydrogen (secondary N) is 2. The zero-order valence-electron chi connectivity index (χ0n) is 17.2. The van der Waals surface area contributed by atoms with E-state index in [-0.39, 0.29) is 35.8 Å². The Balaban J connectivity index is 1.65. The molecule has 168 valence electrons.